The van der Waals surface area contributed by atoms with Gasteiger partial charge < -0.3 is 4.98 Å². The molecule has 6 heterocycles. The van der Waals surface area contributed by atoms with E-state index in [0.717, 1.165) is 28.3 Å². The van der Waals surface area contributed by atoms with Gasteiger partial charge in [-0.1, -0.05) is 0 Å². The number of nitrogens with one attached hydrogen (secondary N) is 3. The Hall–Kier alpha value is -4.66. The first-order valence-corrected chi connectivity index (χ1v) is 16.0. The van der Waals surface area contributed by atoms with Crippen molar-refractivity contribution in [2.45, 2.75) is 25.4 Å². The summed E-state index contributed by atoms with van der Waals surface area (Å²) < 4.78 is 67.5. The van der Waals surface area contributed by atoms with Crippen LogP contribution in [0.1, 0.15) is 17.5 Å². The Morgan fingerprint density at radius 1 is 1.00 bits per heavy atom. The van der Waals surface area contributed by atoms with Gasteiger partial charge >= 0.3 is 0 Å². The van der Waals surface area contributed by atoms with Crippen molar-refractivity contribution in [2.75, 3.05) is 19.3 Å². The molecule has 5 aromatic heterocycles. The second kappa shape index (κ2) is 11.1. The maximum Gasteiger partial charge on any atom is 0.261 e. The van der Waals surface area contributed by atoms with Crippen LogP contribution in [0, 0.1) is 5.82 Å². The van der Waals surface area contributed by atoms with E-state index < -0.39 is 21.8 Å². The number of likely N-dealkylation sites (tertiary alicyclic amines) is 1. The van der Waals surface area contributed by atoms with Gasteiger partial charge in [0, 0.05) is 66.7 Å². The highest BCUT2D eigenvalue weighted by Gasteiger charge is 2.37. The Morgan fingerprint density at radius 3 is 2.64 bits per heavy atom. The number of fused-ring (bicyclic) bond motifs is 2. The molecule has 1 fully saturated rings. The molecule has 1 saturated heterocycles. The van der Waals surface area contributed by atoms with Gasteiger partial charge in [-0.3, -0.25) is 20.0 Å². The van der Waals surface area contributed by atoms with Crippen LogP contribution in [0.5, 0.6) is 0 Å². The number of H-pyrrole nitrogens is 2. The summed E-state index contributed by atoms with van der Waals surface area (Å²) in [5.41, 5.74) is 6.98. The van der Waals surface area contributed by atoms with Crippen LogP contribution in [0.3, 0.4) is 0 Å². The lowest BCUT2D eigenvalue weighted by Gasteiger charge is -2.15. The molecule has 6 aromatic rings. The first kappa shape index (κ1) is 29.1. The predicted molar refractivity (Wildman–Crippen MR) is 164 cm³/mol. The van der Waals surface area contributed by atoms with Crippen LogP contribution in [0.25, 0.3) is 55.8 Å². The highest BCUT2D eigenvalue weighted by molar-refractivity contribution is 7.88. The van der Waals surface area contributed by atoms with Crippen LogP contribution < -0.4 is 4.72 Å². The van der Waals surface area contributed by atoms with Crippen molar-refractivity contribution in [1.29, 1.82) is 0 Å². The summed E-state index contributed by atoms with van der Waals surface area (Å²) in [7, 11) is -3.46. The first-order valence-electron chi connectivity index (χ1n) is 14.1. The third kappa shape index (κ3) is 6.16. The van der Waals surface area contributed by atoms with Gasteiger partial charge in [-0.25, -0.2) is 31.3 Å². The van der Waals surface area contributed by atoms with Gasteiger partial charge in [-0.05, 0) is 59.7 Å². The molecule has 0 amide bonds. The third-order valence-electron chi connectivity index (χ3n) is 7.73. The SMILES string of the molecule is CS(=O)(=O)NCc1cc(F)cc(-c2nccc3[nH]c(-c4n[nH]c5ccc(-c6cncc(CN7CCC(F)(F)C7)c6)nc45)cc23)c1. The molecule has 1 aliphatic rings. The summed E-state index contributed by atoms with van der Waals surface area (Å²) in [5.74, 6) is -3.17. The highest BCUT2D eigenvalue weighted by Crippen LogP contribution is 2.34. The van der Waals surface area contributed by atoms with E-state index in [1.165, 1.54) is 12.1 Å². The lowest BCUT2D eigenvalue weighted by molar-refractivity contribution is 0.0115. The first-order chi connectivity index (χ1) is 21.5. The molecule has 45 heavy (non-hydrogen) atoms. The Balaban J connectivity index is 1.22. The number of aromatic amines is 2. The Bertz CT molecular complexity index is 2180. The number of rotatable bonds is 8. The van der Waals surface area contributed by atoms with Gasteiger partial charge in [-0.15, -0.1) is 0 Å². The van der Waals surface area contributed by atoms with Crippen LogP contribution in [0.2, 0.25) is 0 Å². The number of hydrogen-bond donors (Lipinski definition) is 3. The molecule has 3 N–H and O–H groups in total. The molecule has 1 aliphatic heterocycles. The number of nitrogens with zero attached hydrogens (tertiary/aromatic N) is 5. The number of alkyl halides is 2. The number of hydrogen-bond acceptors (Lipinski definition) is 7. The van der Waals surface area contributed by atoms with Crippen LogP contribution >= 0.6 is 0 Å². The van der Waals surface area contributed by atoms with Crippen molar-refractivity contribution >= 4 is 32.0 Å². The minimum absolute atomic E-state index is 0.0577. The van der Waals surface area contributed by atoms with E-state index in [1.807, 2.05) is 24.3 Å². The van der Waals surface area contributed by atoms with Crippen LogP contribution in [0.4, 0.5) is 13.2 Å². The zero-order chi connectivity index (χ0) is 31.3. The van der Waals surface area contributed by atoms with E-state index >= 15 is 0 Å². The fourth-order valence-corrected chi connectivity index (χ4v) is 6.11. The average Bonchev–Trinajstić information content (AvgIpc) is 3.71. The molecular formula is C31H27F3N8O2S. The molecule has 14 heteroatoms. The molecule has 7 rings (SSSR count). The number of aromatic nitrogens is 6. The van der Waals surface area contributed by atoms with Gasteiger partial charge in [0.25, 0.3) is 5.92 Å². The molecule has 0 atom stereocenters. The highest BCUT2D eigenvalue weighted by atomic mass is 32.2. The summed E-state index contributed by atoms with van der Waals surface area (Å²) in [6, 6.07) is 13.6. The normalized spacial score (nSPS) is 15.4. The van der Waals surface area contributed by atoms with Gasteiger partial charge in [0.1, 0.15) is 17.0 Å². The number of benzene rings is 1. The minimum atomic E-state index is -3.46. The summed E-state index contributed by atoms with van der Waals surface area (Å²) >= 11 is 0. The molecule has 0 unspecified atom stereocenters. The lowest BCUT2D eigenvalue weighted by atomic mass is 10.0. The summed E-state index contributed by atoms with van der Waals surface area (Å²) in [6.07, 6.45) is 5.89. The van der Waals surface area contributed by atoms with Crippen molar-refractivity contribution in [1.82, 2.24) is 39.8 Å². The van der Waals surface area contributed by atoms with E-state index in [4.69, 9.17) is 4.98 Å². The molecule has 10 nitrogen and oxygen atoms in total. The van der Waals surface area contributed by atoms with Gasteiger partial charge in [0.05, 0.1) is 35.4 Å². The van der Waals surface area contributed by atoms with Crippen LogP contribution in [-0.4, -0.2) is 68.7 Å². The zero-order valence-corrected chi connectivity index (χ0v) is 24.8. The molecule has 0 radical (unpaired) electrons. The van der Waals surface area contributed by atoms with E-state index in [-0.39, 0.29) is 19.5 Å². The fourth-order valence-electron chi connectivity index (χ4n) is 5.68. The van der Waals surface area contributed by atoms with Crippen LogP contribution in [0.15, 0.2) is 67.1 Å². The second-order valence-electron chi connectivity index (χ2n) is 11.3. The average molecular weight is 633 g/mol. The zero-order valence-electron chi connectivity index (χ0n) is 24.0. The van der Waals surface area contributed by atoms with Crippen molar-refractivity contribution in [3.63, 3.8) is 0 Å². The molecule has 0 bridgehead atoms. The van der Waals surface area contributed by atoms with E-state index in [1.54, 1.807) is 35.6 Å². The van der Waals surface area contributed by atoms with Crippen molar-refractivity contribution in [2.24, 2.45) is 0 Å². The standard InChI is InChI=1S/C31H27F3N8O2S/c1-45(43,44)37-14-18-8-20(11-22(32)10-18)28-23-12-27(38-25(23)4-6-36-28)30-29-26(40-41-30)3-2-24(39-29)21-9-19(13-35-15-21)16-42-7-5-31(33,34)17-42/h2-4,6,8-13,15,37-38H,5,7,14,16-17H2,1H3,(H,40,41). The molecule has 0 spiro atoms. The minimum Gasteiger partial charge on any atom is -0.353 e. The largest absolute Gasteiger partial charge is 0.353 e. The lowest BCUT2D eigenvalue weighted by Crippen LogP contribution is -2.24. The van der Waals surface area contributed by atoms with Gasteiger partial charge in [0.15, 0.2) is 0 Å². The fraction of sp³-hybridized carbons (Fsp3) is 0.226. The number of sulfonamides is 1. The van der Waals surface area contributed by atoms with Gasteiger partial charge in [0.2, 0.25) is 10.0 Å². The van der Waals surface area contributed by atoms with Crippen LogP contribution in [-0.2, 0) is 23.1 Å². The Morgan fingerprint density at radius 2 is 1.84 bits per heavy atom. The Kier molecular flexibility index (Phi) is 7.14. The summed E-state index contributed by atoms with van der Waals surface area (Å²) in [5, 5.41) is 8.25. The molecular weight excluding hydrogens is 605 g/mol. The van der Waals surface area contributed by atoms with Gasteiger partial charge in [-0.2, -0.15) is 5.10 Å². The van der Waals surface area contributed by atoms with Crippen molar-refractivity contribution in [3.8, 4) is 33.9 Å². The molecule has 1 aromatic carbocycles. The monoisotopic (exact) mass is 632 g/mol. The third-order valence-corrected chi connectivity index (χ3v) is 8.39. The molecule has 0 aliphatic carbocycles. The topological polar surface area (TPSA) is 133 Å². The van der Waals surface area contributed by atoms with Crippen molar-refractivity contribution in [3.05, 3.63) is 84.1 Å². The smallest absolute Gasteiger partial charge is 0.261 e. The maximum absolute atomic E-state index is 14.6. The molecule has 230 valence electrons. The molecule has 0 saturated carbocycles. The number of pyridine rings is 3. The maximum atomic E-state index is 14.6. The predicted octanol–water partition coefficient (Wildman–Crippen LogP) is 5.26. The Labute approximate surface area is 255 Å². The van der Waals surface area contributed by atoms with E-state index in [9.17, 15) is 21.6 Å². The second-order valence-corrected chi connectivity index (χ2v) is 13.1. The van der Waals surface area contributed by atoms with E-state index in [2.05, 4.69) is 29.9 Å². The summed E-state index contributed by atoms with van der Waals surface area (Å²) in [6.45, 7) is 0.393. The van der Waals surface area contributed by atoms with Crippen molar-refractivity contribution < 1.29 is 21.6 Å². The van der Waals surface area contributed by atoms with E-state index in [0.29, 0.717) is 58.0 Å². The quantitative estimate of drug-likeness (QED) is 0.209. The number of halogens is 3. The summed E-state index contributed by atoms with van der Waals surface area (Å²) in [4.78, 5) is 18.8.